The smallest absolute Gasteiger partial charge is 0.164 e. The van der Waals surface area contributed by atoms with Crippen LogP contribution in [-0.4, -0.2) is 29.4 Å². The molecule has 0 bridgehead atoms. The van der Waals surface area contributed by atoms with Crippen molar-refractivity contribution in [3.05, 3.63) is 29.3 Å². The van der Waals surface area contributed by atoms with Gasteiger partial charge < -0.3 is 11.1 Å². The van der Waals surface area contributed by atoms with Gasteiger partial charge in [0.05, 0.1) is 6.04 Å². The van der Waals surface area contributed by atoms with E-state index in [4.69, 9.17) is 5.73 Å². The third-order valence-electron chi connectivity index (χ3n) is 5.53. The maximum atomic E-state index is 15.2. The molecule has 0 aliphatic carbocycles. The molecule has 1 aromatic rings. The third-order valence-corrected chi connectivity index (χ3v) is 6.99. The van der Waals surface area contributed by atoms with Crippen LogP contribution in [0.3, 0.4) is 0 Å². The van der Waals surface area contributed by atoms with Gasteiger partial charge >= 0.3 is 0 Å². The van der Waals surface area contributed by atoms with Crippen LogP contribution in [0, 0.1) is 11.6 Å². The summed E-state index contributed by atoms with van der Waals surface area (Å²) >= 11 is 1.63. The quantitative estimate of drug-likeness (QED) is 0.603. The second kappa shape index (κ2) is 6.99. The summed E-state index contributed by atoms with van der Waals surface area (Å²) in [7, 11) is 0. The van der Waals surface area contributed by atoms with Gasteiger partial charge in [0, 0.05) is 22.0 Å². The summed E-state index contributed by atoms with van der Waals surface area (Å²) in [5.74, 6) is -1.10. The van der Waals surface area contributed by atoms with Gasteiger partial charge in [0.25, 0.3) is 0 Å². The van der Waals surface area contributed by atoms with E-state index in [2.05, 4.69) is 5.32 Å². The van der Waals surface area contributed by atoms with Crippen LogP contribution in [-0.2, 0) is 5.54 Å². The molecule has 2 heterocycles. The summed E-state index contributed by atoms with van der Waals surface area (Å²) in [6.45, 7) is 0.633. The van der Waals surface area contributed by atoms with E-state index in [-0.39, 0.29) is 29.3 Å². The topological polar surface area (TPSA) is 38.0 Å². The van der Waals surface area contributed by atoms with Crippen molar-refractivity contribution in [2.75, 3.05) is 18.2 Å². The molecular weight excluding hydrogens is 352 g/mol. The van der Waals surface area contributed by atoms with Crippen LogP contribution in [0.25, 0.3) is 0 Å². The zero-order valence-electron chi connectivity index (χ0n) is 14.3. The minimum atomic E-state index is -1.98. The molecule has 2 aliphatic rings. The minimum Gasteiger partial charge on any atom is -0.399 e. The van der Waals surface area contributed by atoms with E-state index in [1.54, 1.807) is 18.7 Å². The van der Waals surface area contributed by atoms with Gasteiger partial charge in [-0.05, 0) is 50.5 Å². The molecule has 0 radical (unpaired) electrons. The number of rotatable bonds is 3. The molecule has 2 aliphatic heterocycles. The highest BCUT2D eigenvalue weighted by molar-refractivity contribution is 8.00. The Morgan fingerprint density at radius 3 is 2.68 bits per heavy atom. The SMILES string of the molecule is C[C@@]1(c2cc(N)cc(F)c2F)CC[C@](F)(CF)C(C2CCCCS2)N1. The fraction of sp³-hybridized carbons (Fsp3) is 0.667. The second-order valence-corrected chi connectivity index (χ2v) is 8.74. The van der Waals surface area contributed by atoms with E-state index in [9.17, 15) is 13.2 Å². The summed E-state index contributed by atoms with van der Waals surface area (Å²) in [5.41, 5.74) is 2.90. The molecule has 2 unspecified atom stereocenters. The minimum absolute atomic E-state index is 0.0371. The number of piperidine rings is 1. The molecule has 2 nitrogen and oxygen atoms in total. The zero-order chi connectivity index (χ0) is 18.2. The van der Waals surface area contributed by atoms with Crippen molar-refractivity contribution in [1.82, 2.24) is 5.32 Å². The average Bonchev–Trinajstić information content (AvgIpc) is 2.61. The van der Waals surface area contributed by atoms with Crippen LogP contribution in [0.2, 0.25) is 0 Å². The van der Waals surface area contributed by atoms with E-state index in [1.165, 1.54) is 6.07 Å². The van der Waals surface area contributed by atoms with Gasteiger partial charge in [-0.3, -0.25) is 0 Å². The van der Waals surface area contributed by atoms with Crippen LogP contribution in [0.15, 0.2) is 12.1 Å². The van der Waals surface area contributed by atoms with Crippen molar-refractivity contribution in [3.63, 3.8) is 0 Å². The highest BCUT2D eigenvalue weighted by Gasteiger charge is 2.52. The molecular formula is C18H24F4N2S. The fourth-order valence-electron chi connectivity index (χ4n) is 3.99. The van der Waals surface area contributed by atoms with Crippen molar-refractivity contribution in [2.45, 2.75) is 61.5 Å². The van der Waals surface area contributed by atoms with Crippen molar-refractivity contribution in [3.8, 4) is 0 Å². The Kier molecular flexibility index (Phi) is 5.26. The Hall–Kier alpha value is -0.950. The lowest BCUT2D eigenvalue weighted by Crippen LogP contribution is -2.65. The largest absolute Gasteiger partial charge is 0.399 e. The van der Waals surface area contributed by atoms with Gasteiger partial charge in [-0.15, -0.1) is 0 Å². The van der Waals surface area contributed by atoms with E-state index < -0.39 is 35.6 Å². The van der Waals surface area contributed by atoms with Gasteiger partial charge in [-0.2, -0.15) is 11.8 Å². The van der Waals surface area contributed by atoms with E-state index in [0.29, 0.717) is 0 Å². The second-order valence-electron chi connectivity index (χ2n) is 7.39. The average molecular weight is 376 g/mol. The van der Waals surface area contributed by atoms with Crippen molar-refractivity contribution < 1.29 is 17.6 Å². The molecule has 0 aromatic heterocycles. The predicted octanol–water partition coefficient (Wildman–Crippen LogP) is 4.48. The van der Waals surface area contributed by atoms with Gasteiger partial charge in [-0.1, -0.05) is 6.42 Å². The molecule has 3 N–H and O–H groups in total. The number of nitrogens with two attached hydrogens (primary N) is 1. The fourth-order valence-corrected chi connectivity index (χ4v) is 5.50. The molecule has 0 saturated carbocycles. The van der Waals surface area contributed by atoms with Gasteiger partial charge in [0.15, 0.2) is 17.3 Å². The van der Waals surface area contributed by atoms with E-state index in [0.717, 1.165) is 31.1 Å². The number of benzene rings is 1. The highest BCUT2D eigenvalue weighted by atomic mass is 32.2. The highest BCUT2D eigenvalue weighted by Crippen LogP contribution is 2.45. The summed E-state index contributed by atoms with van der Waals surface area (Å²) in [6, 6.07) is 1.57. The maximum absolute atomic E-state index is 15.2. The molecule has 4 atom stereocenters. The molecule has 0 amide bonds. The molecule has 2 saturated heterocycles. The standard InChI is InChI=1S/C18H24F4N2S/c1-17(12-8-11(23)9-13(20)15(12)21)5-6-18(22,10-19)16(24-17)14-4-2-3-7-25-14/h8-9,14,16,24H,2-7,10,23H2,1H3/t14?,16?,17-,18-/m0/s1. The predicted molar refractivity (Wildman–Crippen MR) is 94.2 cm³/mol. The number of anilines is 1. The Bertz CT molecular complexity index is 638. The van der Waals surface area contributed by atoms with E-state index in [1.807, 2.05) is 0 Å². The Labute approximate surface area is 149 Å². The molecule has 140 valence electrons. The van der Waals surface area contributed by atoms with Gasteiger partial charge in [0.1, 0.15) is 6.67 Å². The molecule has 7 heteroatoms. The number of hydrogen-bond donors (Lipinski definition) is 2. The lowest BCUT2D eigenvalue weighted by Gasteiger charge is -2.50. The lowest BCUT2D eigenvalue weighted by atomic mass is 9.74. The van der Waals surface area contributed by atoms with Crippen LogP contribution in [0.5, 0.6) is 0 Å². The Balaban J connectivity index is 1.96. The van der Waals surface area contributed by atoms with Crippen molar-refractivity contribution in [2.24, 2.45) is 0 Å². The molecule has 1 aromatic carbocycles. The first-order valence-electron chi connectivity index (χ1n) is 8.68. The lowest BCUT2D eigenvalue weighted by molar-refractivity contribution is 0.00125. The molecule has 3 rings (SSSR count). The maximum Gasteiger partial charge on any atom is 0.164 e. The summed E-state index contributed by atoms with van der Waals surface area (Å²) < 4.78 is 57.0. The number of hydrogen-bond acceptors (Lipinski definition) is 3. The van der Waals surface area contributed by atoms with E-state index >= 15 is 4.39 Å². The molecule has 0 spiro atoms. The van der Waals surface area contributed by atoms with Gasteiger partial charge in [0.2, 0.25) is 0 Å². The van der Waals surface area contributed by atoms with Crippen LogP contribution in [0.1, 0.15) is 44.6 Å². The third kappa shape index (κ3) is 3.50. The number of nitrogens with one attached hydrogen (secondary N) is 1. The monoisotopic (exact) mass is 376 g/mol. The Morgan fingerprint density at radius 2 is 2.04 bits per heavy atom. The van der Waals surface area contributed by atoms with Crippen molar-refractivity contribution in [1.29, 1.82) is 0 Å². The normalized spacial score (nSPS) is 36.4. The molecule has 2 fully saturated rings. The van der Waals surface area contributed by atoms with Gasteiger partial charge in [-0.25, -0.2) is 17.6 Å². The van der Waals surface area contributed by atoms with Crippen LogP contribution < -0.4 is 11.1 Å². The first kappa shape index (κ1) is 18.8. The molecule has 25 heavy (non-hydrogen) atoms. The zero-order valence-corrected chi connectivity index (χ0v) is 15.1. The number of nitrogen functional groups attached to an aromatic ring is 1. The Morgan fingerprint density at radius 1 is 1.28 bits per heavy atom. The number of alkyl halides is 2. The summed E-state index contributed by atoms with van der Waals surface area (Å²) in [5, 5.41) is 3.07. The number of thioether (sulfide) groups is 1. The first-order chi connectivity index (χ1) is 11.8. The first-order valence-corrected chi connectivity index (χ1v) is 9.73. The van der Waals surface area contributed by atoms with Crippen LogP contribution >= 0.6 is 11.8 Å². The van der Waals surface area contributed by atoms with Crippen molar-refractivity contribution >= 4 is 17.4 Å². The number of halogens is 4. The summed E-state index contributed by atoms with van der Waals surface area (Å²) in [4.78, 5) is 0. The van der Waals surface area contributed by atoms with Crippen LogP contribution in [0.4, 0.5) is 23.2 Å². The summed E-state index contributed by atoms with van der Waals surface area (Å²) in [6.07, 6.45) is 2.95.